The summed E-state index contributed by atoms with van der Waals surface area (Å²) in [6.45, 7) is 3.80. The van der Waals surface area contributed by atoms with Gasteiger partial charge < -0.3 is 4.42 Å². The minimum atomic E-state index is -4.45. The van der Waals surface area contributed by atoms with Crippen LogP contribution in [0.1, 0.15) is 22.3 Å². The first-order valence-electron chi connectivity index (χ1n) is 8.32. The Morgan fingerprint density at radius 2 is 1.93 bits per heavy atom. The van der Waals surface area contributed by atoms with Crippen LogP contribution in [0.15, 0.2) is 50.9 Å². The summed E-state index contributed by atoms with van der Waals surface area (Å²) in [6.07, 6.45) is -3.48. The van der Waals surface area contributed by atoms with Crippen LogP contribution < -0.4 is 5.63 Å². The minimum Gasteiger partial charge on any atom is -0.422 e. The summed E-state index contributed by atoms with van der Waals surface area (Å²) in [5.74, 6) is 0.335. The second-order valence-electron chi connectivity index (χ2n) is 6.39. The van der Waals surface area contributed by atoms with E-state index in [1.54, 1.807) is 0 Å². The molecule has 4 aromatic rings. The number of benzene rings is 1. The SMILES string of the molecule is Cc1ccc2c(CSc3nnc4ccc(C(F)(F)F)cn34)cc(=O)oc2c1C. The van der Waals surface area contributed by atoms with Crippen LogP contribution >= 0.6 is 11.8 Å². The van der Waals surface area contributed by atoms with E-state index >= 15 is 0 Å². The van der Waals surface area contributed by atoms with Crippen LogP contribution in [-0.2, 0) is 11.9 Å². The maximum atomic E-state index is 13.0. The van der Waals surface area contributed by atoms with Crippen LogP contribution in [0.25, 0.3) is 16.6 Å². The quantitative estimate of drug-likeness (QED) is 0.363. The van der Waals surface area contributed by atoms with Crippen molar-refractivity contribution in [3.63, 3.8) is 0 Å². The Hall–Kier alpha value is -2.81. The maximum Gasteiger partial charge on any atom is 0.417 e. The van der Waals surface area contributed by atoms with E-state index < -0.39 is 17.4 Å². The van der Waals surface area contributed by atoms with Gasteiger partial charge in [-0.05, 0) is 42.7 Å². The molecule has 0 aliphatic heterocycles. The molecule has 0 aliphatic carbocycles. The molecule has 0 radical (unpaired) electrons. The fourth-order valence-corrected chi connectivity index (χ4v) is 3.83. The zero-order valence-corrected chi connectivity index (χ0v) is 15.7. The average Bonchev–Trinajstić information content (AvgIpc) is 3.04. The first kappa shape index (κ1) is 18.5. The molecular formula is C19H14F3N3O2S. The minimum absolute atomic E-state index is 0.311. The summed E-state index contributed by atoms with van der Waals surface area (Å²) >= 11 is 1.20. The number of hydrogen-bond acceptors (Lipinski definition) is 5. The predicted octanol–water partition coefficient (Wildman–Crippen LogP) is 4.76. The Bertz CT molecular complexity index is 1260. The van der Waals surface area contributed by atoms with Gasteiger partial charge in [-0.2, -0.15) is 13.2 Å². The molecular weight excluding hydrogens is 391 g/mol. The molecule has 0 spiro atoms. The van der Waals surface area contributed by atoms with Gasteiger partial charge in [-0.3, -0.25) is 4.40 Å². The van der Waals surface area contributed by atoms with Crippen LogP contribution in [-0.4, -0.2) is 14.6 Å². The lowest BCUT2D eigenvalue weighted by Gasteiger charge is -2.09. The van der Waals surface area contributed by atoms with Crippen molar-refractivity contribution in [2.75, 3.05) is 0 Å². The van der Waals surface area contributed by atoms with Gasteiger partial charge in [0.05, 0.1) is 5.56 Å². The first-order valence-corrected chi connectivity index (χ1v) is 9.30. The average molecular weight is 405 g/mol. The van der Waals surface area contributed by atoms with Crippen molar-refractivity contribution in [2.45, 2.75) is 30.9 Å². The topological polar surface area (TPSA) is 60.4 Å². The van der Waals surface area contributed by atoms with Crippen molar-refractivity contribution >= 4 is 28.4 Å². The highest BCUT2D eigenvalue weighted by Gasteiger charge is 2.31. The zero-order chi connectivity index (χ0) is 20.1. The largest absolute Gasteiger partial charge is 0.422 e. The van der Waals surface area contributed by atoms with Crippen LogP contribution in [0.2, 0.25) is 0 Å². The molecule has 0 bridgehead atoms. The van der Waals surface area contributed by atoms with Gasteiger partial charge in [0.2, 0.25) is 0 Å². The van der Waals surface area contributed by atoms with Gasteiger partial charge in [0, 0.05) is 23.4 Å². The summed E-state index contributed by atoms with van der Waals surface area (Å²) in [7, 11) is 0. The lowest BCUT2D eigenvalue weighted by Crippen LogP contribution is -2.06. The number of rotatable bonds is 3. The third-order valence-corrected chi connectivity index (χ3v) is 5.56. The maximum absolute atomic E-state index is 13.0. The van der Waals surface area contributed by atoms with E-state index in [0.29, 0.717) is 22.1 Å². The van der Waals surface area contributed by atoms with Crippen molar-refractivity contribution in [3.05, 3.63) is 69.2 Å². The normalized spacial score (nSPS) is 12.2. The molecule has 0 saturated carbocycles. The van der Waals surface area contributed by atoms with Gasteiger partial charge in [-0.1, -0.05) is 23.9 Å². The predicted molar refractivity (Wildman–Crippen MR) is 99.5 cm³/mol. The third kappa shape index (κ3) is 3.26. The molecule has 28 heavy (non-hydrogen) atoms. The van der Waals surface area contributed by atoms with Crippen molar-refractivity contribution in [2.24, 2.45) is 0 Å². The molecule has 0 N–H and O–H groups in total. The van der Waals surface area contributed by atoms with E-state index in [-0.39, 0.29) is 0 Å². The molecule has 0 unspecified atom stereocenters. The van der Waals surface area contributed by atoms with Crippen molar-refractivity contribution in [3.8, 4) is 0 Å². The summed E-state index contributed by atoms with van der Waals surface area (Å²) in [6, 6.07) is 7.46. The van der Waals surface area contributed by atoms with Crippen LogP contribution in [0, 0.1) is 13.8 Å². The van der Waals surface area contributed by atoms with Crippen molar-refractivity contribution < 1.29 is 17.6 Å². The number of aryl methyl sites for hydroxylation is 2. The standard InChI is InChI=1S/C19H14F3N3O2S/c1-10-3-5-14-12(7-16(26)27-17(14)11(10)2)9-28-18-24-23-15-6-4-13(8-25(15)18)19(20,21)22/h3-8H,9H2,1-2H3. The Morgan fingerprint density at radius 3 is 2.68 bits per heavy atom. The molecule has 0 atom stereocenters. The molecule has 1 aromatic carbocycles. The van der Waals surface area contributed by atoms with Gasteiger partial charge in [0.1, 0.15) is 5.58 Å². The number of nitrogens with zero attached hydrogens (tertiary/aromatic N) is 3. The number of halogens is 3. The second kappa shape index (κ2) is 6.66. The lowest BCUT2D eigenvalue weighted by atomic mass is 10.0. The smallest absolute Gasteiger partial charge is 0.417 e. The third-order valence-electron chi connectivity index (χ3n) is 4.57. The second-order valence-corrected chi connectivity index (χ2v) is 7.33. The summed E-state index contributed by atoms with van der Waals surface area (Å²) in [4.78, 5) is 12.0. The highest BCUT2D eigenvalue weighted by molar-refractivity contribution is 7.98. The zero-order valence-electron chi connectivity index (χ0n) is 14.9. The Morgan fingerprint density at radius 1 is 1.14 bits per heavy atom. The highest BCUT2D eigenvalue weighted by atomic mass is 32.2. The monoisotopic (exact) mass is 405 g/mol. The van der Waals surface area contributed by atoms with Gasteiger partial charge in [-0.15, -0.1) is 10.2 Å². The molecule has 4 rings (SSSR count). The molecule has 3 aromatic heterocycles. The lowest BCUT2D eigenvalue weighted by molar-refractivity contribution is -0.137. The summed E-state index contributed by atoms with van der Waals surface area (Å²) in [5, 5.41) is 8.98. The van der Waals surface area contributed by atoms with Crippen LogP contribution in [0.5, 0.6) is 0 Å². The summed E-state index contributed by atoms with van der Waals surface area (Å²) in [5.41, 5.74) is 2.20. The van der Waals surface area contributed by atoms with Crippen molar-refractivity contribution in [1.29, 1.82) is 0 Å². The van der Waals surface area contributed by atoms with E-state index in [1.807, 2.05) is 26.0 Å². The molecule has 144 valence electrons. The molecule has 3 heterocycles. The molecule has 0 aliphatic rings. The van der Waals surface area contributed by atoms with E-state index in [0.717, 1.165) is 34.3 Å². The number of hydrogen-bond donors (Lipinski definition) is 0. The Labute approximate surface area is 161 Å². The Kier molecular flexibility index (Phi) is 4.41. The molecule has 5 nitrogen and oxygen atoms in total. The Balaban J connectivity index is 1.72. The number of pyridine rings is 1. The van der Waals surface area contributed by atoms with Crippen LogP contribution in [0.3, 0.4) is 0 Å². The number of alkyl halides is 3. The van der Waals surface area contributed by atoms with E-state index in [4.69, 9.17) is 4.42 Å². The van der Waals surface area contributed by atoms with Gasteiger partial charge in [0.15, 0.2) is 10.8 Å². The molecule has 0 saturated heterocycles. The van der Waals surface area contributed by atoms with Crippen molar-refractivity contribution in [1.82, 2.24) is 14.6 Å². The number of fused-ring (bicyclic) bond motifs is 2. The molecule has 0 fully saturated rings. The molecule has 9 heteroatoms. The molecule has 0 amide bonds. The van der Waals surface area contributed by atoms with Crippen LogP contribution in [0.4, 0.5) is 13.2 Å². The van der Waals surface area contributed by atoms with E-state index in [9.17, 15) is 18.0 Å². The summed E-state index contributed by atoms with van der Waals surface area (Å²) < 4.78 is 45.6. The van der Waals surface area contributed by atoms with E-state index in [2.05, 4.69) is 10.2 Å². The number of aromatic nitrogens is 3. The fourth-order valence-electron chi connectivity index (χ4n) is 2.92. The van der Waals surface area contributed by atoms with Gasteiger partial charge in [-0.25, -0.2) is 4.79 Å². The highest BCUT2D eigenvalue weighted by Crippen LogP contribution is 2.31. The fraction of sp³-hybridized carbons (Fsp3) is 0.211. The number of thioether (sulfide) groups is 1. The van der Waals surface area contributed by atoms with Gasteiger partial charge in [0.25, 0.3) is 0 Å². The van der Waals surface area contributed by atoms with E-state index in [1.165, 1.54) is 28.3 Å². The van der Waals surface area contributed by atoms with Gasteiger partial charge >= 0.3 is 11.8 Å². The first-order chi connectivity index (χ1) is 13.2.